The molecule has 0 atom stereocenters. The van der Waals surface area contributed by atoms with Crippen LogP contribution >= 0.6 is 11.6 Å². The number of rotatable bonds is 4. The normalized spacial score (nSPS) is 11.1. The summed E-state index contributed by atoms with van der Waals surface area (Å²) in [5, 5.41) is 13.4. The first-order chi connectivity index (χ1) is 8.21. The molecule has 1 aromatic rings. The second kappa shape index (κ2) is 5.26. The third-order valence-corrected chi connectivity index (χ3v) is 2.13. The second-order valence-corrected chi connectivity index (χ2v) is 3.89. The van der Waals surface area contributed by atoms with Gasteiger partial charge >= 0.3 is 6.18 Å². The van der Waals surface area contributed by atoms with E-state index in [-0.39, 0.29) is 17.3 Å². The van der Waals surface area contributed by atoms with E-state index in [2.05, 4.69) is 11.9 Å². The number of alkyl halides is 3. The van der Waals surface area contributed by atoms with E-state index >= 15 is 0 Å². The molecule has 0 spiro atoms. The highest BCUT2D eigenvalue weighted by atomic mass is 35.5. The van der Waals surface area contributed by atoms with Crippen LogP contribution in [0.2, 0.25) is 0 Å². The summed E-state index contributed by atoms with van der Waals surface area (Å²) < 4.78 is 37.2. The number of benzene rings is 1. The molecule has 0 aliphatic rings. The van der Waals surface area contributed by atoms with Gasteiger partial charge in [-0.1, -0.05) is 18.2 Å². The lowest BCUT2D eigenvalue weighted by Crippen LogP contribution is -2.08. The van der Waals surface area contributed by atoms with Gasteiger partial charge in [0.15, 0.2) is 0 Å². The van der Waals surface area contributed by atoms with E-state index in [4.69, 9.17) is 11.6 Å². The summed E-state index contributed by atoms with van der Waals surface area (Å²) in [6, 6.07) is 2.21. The molecule has 0 unspecified atom stereocenters. The second-order valence-electron chi connectivity index (χ2n) is 3.36. The summed E-state index contributed by atoms with van der Waals surface area (Å²) in [7, 11) is 0. The zero-order valence-electron chi connectivity index (χ0n) is 8.92. The predicted octanol–water partition coefficient (Wildman–Crippen LogP) is 3.78. The van der Waals surface area contributed by atoms with Gasteiger partial charge in [0.05, 0.1) is 17.0 Å². The number of halogens is 4. The summed E-state index contributed by atoms with van der Waals surface area (Å²) >= 11 is 5.46. The topological polar surface area (TPSA) is 55.2 Å². The number of anilines is 1. The molecule has 0 aromatic heterocycles. The molecular formula is C10H8ClF3N2O2. The highest BCUT2D eigenvalue weighted by molar-refractivity contribution is 6.29. The number of hydrogen-bond donors (Lipinski definition) is 1. The van der Waals surface area contributed by atoms with Gasteiger partial charge in [0.1, 0.15) is 5.69 Å². The van der Waals surface area contributed by atoms with Crippen molar-refractivity contribution in [1.82, 2.24) is 0 Å². The molecule has 4 nitrogen and oxygen atoms in total. The van der Waals surface area contributed by atoms with Crippen LogP contribution in [0.4, 0.5) is 24.5 Å². The molecule has 18 heavy (non-hydrogen) atoms. The summed E-state index contributed by atoms with van der Waals surface area (Å²) in [6.07, 6.45) is -4.63. The molecule has 1 aromatic carbocycles. The maximum Gasteiger partial charge on any atom is 0.416 e. The van der Waals surface area contributed by atoms with Gasteiger partial charge in [-0.3, -0.25) is 10.1 Å². The zero-order chi connectivity index (χ0) is 13.9. The van der Waals surface area contributed by atoms with Crippen molar-refractivity contribution in [2.75, 3.05) is 11.9 Å². The fourth-order valence-electron chi connectivity index (χ4n) is 1.20. The average molecular weight is 281 g/mol. The van der Waals surface area contributed by atoms with Crippen LogP contribution in [0.1, 0.15) is 5.56 Å². The van der Waals surface area contributed by atoms with Crippen molar-refractivity contribution in [1.29, 1.82) is 0 Å². The third kappa shape index (κ3) is 3.63. The fourth-order valence-corrected chi connectivity index (χ4v) is 1.27. The fraction of sp³-hybridized carbons (Fsp3) is 0.200. The van der Waals surface area contributed by atoms with Crippen LogP contribution < -0.4 is 5.32 Å². The predicted molar refractivity (Wildman–Crippen MR) is 61.6 cm³/mol. The first kappa shape index (κ1) is 14.3. The van der Waals surface area contributed by atoms with Crippen LogP contribution in [-0.2, 0) is 6.18 Å². The van der Waals surface area contributed by atoms with E-state index in [1.54, 1.807) is 0 Å². The molecule has 0 bridgehead atoms. The minimum atomic E-state index is -4.63. The van der Waals surface area contributed by atoms with Gasteiger partial charge in [-0.05, 0) is 12.1 Å². The van der Waals surface area contributed by atoms with Gasteiger partial charge in [-0.15, -0.1) is 0 Å². The first-order valence-corrected chi connectivity index (χ1v) is 5.02. The Balaban J connectivity index is 3.13. The highest BCUT2D eigenvalue weighted by Crippen LogP contribution is 2.34. The number of hydrogen-bond acceptors (Lipinski definition) is 3. The minimum Gasteiger partial charge on any atom is -0.375 e. The van der Waals surface area contributed by atoms with Gasteiger partial charge < -0.3 is 5.32 Å². The van der Waals surface area contributed by atoms with E-state index in [1.165, 1.54) is 0 Å². The summed E-state index contributed by atoms with van der Waals surface area (Å²) in [5.74, 6) is 0. The Morgan fingerprint density at radius 1 is 1.50 bits per heavy atom. The summed E-state index contributed by atoms with van der Waals surface area (Å²) in [6.45, 7) is 3.38. The van der Waals surface area contributed by atoms with Gasteiger partial charge in [-0.2, -0.15) is 13.2 Å². The largest absolute Gasteiger partial charge is 0.416 e. The highest BCUT2D eigenvalue weighted by Gasteiger charge is 2.32. The maximum atomic E-state index is 12.4. The standard InChI is InChI=1S/C10H8ClF3N2O2/c1-6(11)5-15-8-3-2-7(10(12,13)14)4-9(8)16(17)18/h2-4,15H,1,5H2. The molecule has 1 rings (SSSR count). The molecule has 0 aliphatic heterocycles. The number of nitrogens with one attached hydrogen (secondary N) is 1. The van der Waals surface area contributed by atoms with Crippen LogP contribution in [-0.4, -0.2) is 11.5 Å². The lowest BCUT2D eigenvalue weighted by atomic mass is 10.1. The molecule has 1 N–H and O–H groups in total. The Bertz CT molecular complexity index is 489. The summed E-state index contributed by atoms with van der Waals surface area (Å²) in [4.78, 5) is 9.79. The molecule has 0 amide bonds. The average Bonchev–Trinajstić information content (AvgIpc) is 2.24. The van der Waals surface area contributed by atoms with Gasteiger partial charge in [0.2, 0.25) is 0 Å². The molecule has 8 heteroatoms. The minimum absolute atomic E-state index is 0.0216. The van der Waals surface area contributed by atoms with E-state index in [0.717, 1.165) is 12.1 Å². The smallest absolute Gasteiger partial charge is 0.375 e. The Labute approximate surface area is 105 Å². The van der Waals surface area contributed by atoms with Crippen molar-refractivity contribution in [2.45, 2.75) is 6.18 Å². The SMILES string of the molecule is C=C(Cl)CNc1ccc(C(F)(F)F)cc1[N+](=O)[O-]. The van der Waals surface area contributed by atoms with Crippen molar-refractivity contribution < 1.29 is 18.1 Å². The Hall–Kier alpha value is -1.76. The van der Waals surface area contributed by atoms with Crippen molar-refractivity contribution in [2.24, 2.45) is 0 Å². The van der Waals surface area contributed by atoms with Gasteiger partial charge in [0.25, 0.3) is 5.69 Å². The number of nitro groups is 1. The Morgan fingerprint density at radius 2 is 2.11 bits per heavy atom. The third-order valence-electron chi connectivity index (χ3n) is 1.99. The number of nitrogens with zero attached hydrogens (tertiary/aromatic N) is 1. The molecule has 0 aliphatic carbocycles. The Kier molecular flexibility index (Phi) is 4.18. The van der Waals surface area contributed by atoms with Crippen molar-refractivity contribution in [3.05, 3.63) is 45.5 Å². The van der Waals surface area contributed by atoms with E-state index in [1.807, 2.05) is 0 Å². The zero-order valence-corrected chi connectivity index (χ0v) is 9.68. The van der Waals surface area contributed by atoms with Crippen LogP contribution in [0.3, 0.4) is 0 Å². The molecular weight excluding hydrogens is 273 g/mol. The van der Waals surface area contributed by atoms with Crippen molar-refractivity contribution in [3.8, 4) is 0 Å². The van der Waals surface area contributed by atoms with Crippen LogP contribution in [0.15, 0.2) is 29.8 Å². The first-order valence-electron chi connectivity index (χ1n) is 4.64. The quantitative estimate of drug-likeness (QED) is 0.674. The number of nitro benzene ring substituents is 1. The van der Waals surface area contributed by atoms with Crippen LogP contribution in [0, 0.1) is 10.1 Å². The van der Waals surface area contributed by atoms with Gasteiger partial charge in [0, 0.05) is 11.1 Å². The Morgan fingerprint density at radius 3 is 2.56 bits per heavy atom. The summed E-state index contributed by atoms with van der Waals surface area (Å²) in [5.41, 5.74) is -1.79. The van der Waals surface area contributed by atoms with E-state index < -0.39 is 22.4 Å². The van der Waals surface area contributed by atoms with Crippen molar-refractivity contribution in [3.63, 3.8) is 0 Å². The van der Waals surface area contributed by atoms with E-state index in [0.29, 0.717) is 6.07 Å². The van der Waals surface area contributed by atoms with Gasteiger partial charge in [-0.25, -0.2) is 0 Å². The van der Waals surface area contributed by atoms with E-state index in [9.17, 15) is 23.3 Å². The molecule has 0 saturated heterocycles. The lowest BCUT2D eigenvalue weighted by Gasteiger charge is -2.10. The molecule has 0 saturated carbocycles. The lowest BCUT2D eigenvalue weighted by molar-refractivity contribution is -0.384. The molecule has 0 fully saturated rings. The molecule has 0 heterocycles. The van der Waals surface area contributed by atoms with Crippen LogP contribution in [0.25, 0.3) is 0 Å². The monoisotopic (exact) mass is 280 g/mol. The molecule has 98 valence electrons. The van der Waals surface area contributed by atoms with Crippen LogP contribution in [0.5, 0.6) is 0 Å². The van der Waals surface area contributed by atoms with Crippen molar-refractivity contribution >= 4 is 23.0 Å². The maximum absolute atomic E-state index is 12.4. The molecule has 0 radical (unpaired) electrons.